The molecule has 0 aromatic heterocycles. The first kappa shape index (κ1) is 17.2. The van der Waals surface area contributed by atoms with E-state index >= 15 is 0 Å². The number of carbonyl (C=O) groups excluding carboxylic acids is 2. The van der Waals surface area contributed by atoms with Crippen LogP contribution in [0.25, 0.3) is 0 Å². The van der Waals surface area contributed by atoms with Crippen molar-refractivity contribution in [2.24, 2.45) is 11.7 Å². The highest BCUT2D eigenvalue weighted by Gasteiger charge is 2.11. The summed E-state index contributed by atoms with van der Waals surface area (Å²) in [7, 11) is 0. The Balaban J connectivity index is 2.58. The quantitative estimate of drug-likeness (QED) is 0.719. The van der Waals surface area contributed by atoms with Crippen LogP contribution in [0.15, 0.2) is 24.3 Å². The van der Waals surface area contributed by atoms with Gasteiger partial charge >= 0.3 is 0 Å². The molecule has 1 aromatic rings. The van der Waals surface area contributed by atoms with E-state index in [-0.39, 0.29) is 23.8 Å². The average molecular weight is 291 g/mol. The van der Waals surface area contributed by atoms with Gasteiger partial charge < -0.3 is 16.4 Å². The Morgan fingerprint density at radius 1 is 1.19 bits per heavy atom. The molecule has 0 aliphatic heterocycles. The third kappa shape index (κ3) is 5.95. The minimum atomic E-state index is -0.114. The fraction of sp³-hybridized carbons (Fsp3) is 0.500. The molecule has 5 nitrogen and oxygen atoms in total. The van der Waals surface area contributed by atoms with Crippen molar-refractivity contribution in [2.75, 3.05) is 11.9 Å². The van der Waals surface area contributed by atoms with Gasteiger partial charge in [-0.3, -0.25) is 9.59 Å². The lowest BCUT2D eigenvalue weighted by Crippen LogP contribution is -2.30. The highest BCUT2D eigenvalue weighted by atomic mass is 16.2. The predicted molar refractivity (Wildman–Crippen MR) is 85.1 cm³/mol. The van der Waals surface area contributed by atoms with Crippen molar-refractivity contribution in [2.45, 2.75) is 39.7 Å². The zero-order valence-electron chi connectivity index (χ0n) is 13.0. The van der Waals surface area contributed by atoms with E-state index in [4.69, 9.17) is 5.73 Å². The Morgan fingerprint density at radius 3 is 2.29 bits per heavy atom. The van der Waals surface area contributed by atoms with Gasteiger partial charge in [-0.1, -0.05) is 13.3 Å². The zero-order chi connectivity index (χ0) is 15.8. The lowest BCUT2D eigenvalue weighted by Gasteiger charge is -2.12. The minimum absolute atomic E-state index is 0.0494. The fourth-order valence-corrected chi connectivity index (χ4v) is 1.92. The standard InChI is InChI=1S/C16H25N3O2/c1-4-12(10-17)9-15(20)19-14-7-5-13(6-8-14)16(21)18-11(2)3/h5-8,11-12H,4,9-10,17H2,1-3H3,(H,18,21)(H,19,20). The van der Waals surface area contributed by atoms with Crippen LogP contribution in [0.3, 0.4) is 0 Å². The minimum Gasteiger partial charge on any atom is -0.350 e. The van der Waals surface area contributed by atoms with Crippen LogP contribution < -0.4 is 16.4 Å². The Bertz CT molecular complexity index is 465. The Kier molecular flexibility index (Phi) is 6.88. The molecule has 0 spiro atoms. The molecule has 0 bridgehead atoms. The molecular formula is C16H25N3O2. The molecule has 1 rings (SSSR count). The maximum Gasteiger partial charge on any atom is 0.251 e. The van der Waals surface area contributed by atoms with Crippen molar-refractivity contribution in [1.29, 1.82) is 0 Å². The number of nitrogens with two attached hydrogens (primary N) is 1. The van der Waals surface area contributed by atoms with E-state index in [0.29, 0.717) is 24.2 Å². The van der Waals surface area contributed by atoms with Gasteiger partial charge in [-0.05, 0) is 50.6 Å². The van der Waals surface area contributed by atoms with Gasteiger partial charge in [0.05, 0.1) is 0 Å². The molecule has 0 aliphatic rings. The van der Waals surface area contributed by atoms with Gasteiger partial charge in [0.2, 0.25) is 5.91 Å². The lowest BCUT2D eigenvalue weighted by molar-refractivity contribution is -0.117. The second-order valence-electron chi connectivity index (χ2n) is 5.47. The van der Waals surface area contributed by atoms with Crippen LogP contribution in [0.4, 0.5) is 5.69 Å². The smallest absolute Gasteiger partial charge is 0.251 e. The third-order valence-electron chi connectivity index (χ3n) is 3.24. The lowest BCUT2D eigenvalue weighted by atomic mass is 10.0. The van der Waals surface area contributed by atoms with Crippen molar-refractivity contribution in [3.8, 4) is 0 Å². The van der Waals surface area contributed by atoms with Crippen molar-refractivity contribution >= 4 is 17.5 Å². The molecule has 1 aromatic carbocycles. The van der Waals surface area contributed by atoms with E-state index in [9.17, 15) is 9.59 Å². The maximum absolute atomic E-state index is 11.9. The largest absolute Gasteiger partial charge is 0.350 e. The molecular weight excluding hydrogens is 266 g/mol. The maximum atomic E-state index is 11.9. The summed E-state index contributed by atoms with van der Waals surface area (Å²) < 4.78 is 0. The second kappa shape index (κ2) is 8.42. The molecule has 0 saturated carbocycles. The summed E-state index contributed by atoms with van der Waals surface area (Å²) in [5, 5.41) is 5.64. The first-order chi connectivity index (χ1) is 9.96. The van der Waals surface area contributed by atoms with Crippen LogP contribution >= 0.6 is 0 Å². The fourth-order valence-electron chi connectivity index (χ4n) is 1.92. The molecule has 0 fully saturated rings. The van der Waals surface area contributed by atoms with Crippen molar-refractivity contribution in [1.82, 2.24) is 5.32 Å². The van der Waals surface area contributed by atoms with Gasteiger partial charge in [0.15, 0.2) is 0 Å². The first-order valence-electron chi connectivity index (χ1n) is 7.37. The SMILES string of the molecule is CCC(CN)CC(=O)Nc1ccc(C(=O)NC(C)C)cc1. The monoisotopic (exact) mass is 291 g/mol. The highest BCUT2D eigenvalue weighted by Crippen LogP contribution is 2.12. The number of benzene rings is 1. The van der Waals surface area contributed by atoms with Crippen molar-refractivity contribution in [3.05, 3.63) is 29.8 Å². The molecule has 5 heteroatoms. The normalized spacial score (nSPS) is 12.0. The number of amides is 2. The van der Waals surface area contributed by atoms with E-state index in [2.05, 4.69) is 10.6 Å². The van der Waals surface area contributed by atoms with Crippen molar-refractivity contribution < 1.29 is 9.59 Å². The van der Waals surface area contributed by atoms with Crippen LogP contribution in [0.1, 0.15) is 44.0 Å². The molecule has 0 radical (unpaired) electrons. The molecule has 116 valence electrons. The Labute approximate surface area is 126 Å². The van der Waals surface area contributed by atoms with E-state index in [1.54, 1.807) is 24.3 Å². The number of anilines is 1. The van der Waals surface area contributed by atoms with E-state index < -0.39 is 0 Å². The number of hydrogen-bond acceptors (Lipinski definition) is 3. The third-order valence-corrected chi connectivity index (χ3v) is 3.24. The van der Waals surface area contributed by atoms with E-state index in [1.165, 1.54) is 0 Å². The van der Waals surface area contributed by atoms with Crippen LogP contribution in [-0.2, 0) is 4.79 Å². The van der Waals surface area contributed by atoms with Crippen LogP contribution in [0.2, 0.25) is 0 Å². The summed E-state index contributed by atoms with van der Waals surface area (Å²) in [5.41, 5.74) is 6.86. The molecule has 0 heterocycles. The van der Waals surface area contributed by atoms with Gasteiger partial charge in [0.25, 0.3) is 5.91 Å². The Hall–Kier alpha value is -1.88. The molecule has 0 saturated heterocycles. The average Bonchev–Trinajstić information content (AvgIpc) is 2.44. The summed E-state index contributed by atoms with van der Waals surface area (Å²) >= 11 is 0. The molecule has 0 aliphatic carbocycles. The number of nitrogens with one attached hydrogen (secondary N) is 2. The molecule has 21 heavy (non-hydrogen) atoms. The molecule has 1 unspecified atom stereocenters. The van der Waals surface area contributed by atoms with Crippen molar-refractivity contribution in [3.63, 3.8) is 0 Å². The van der Waals surface area contributed by atoms with Crippen LogP contribution in [0.5, 0.6) is 0 Å². The van der Waals surface area contributed by atoms with Gasteiger partial charge in [0, 0.05) is 23.7 Å². The molecule has 1 atom stereocenters. The summed E-state index contributed by atoms with van der Waals surface area (Å²) in [6.45, 7) is 6.35. The van der Waals surface area contributed by atoms with E-state index in [1.807, 2.05) is 20.8 Å². The summed E-state index contributed by atoms with van der Waals surface area (Å²) in [6.07, 6.45) is 1.31. The second-order valence-corrected chi connectivity index (χ2v) is 5.47. The zero-order valence-corrected chi connectivity index (χ0v) is 13.0. The first-order valence-corrected chi connectivity index (χ1v) is 7.37. The van der Waals surface area contributed by atoms with Gasteiger partial charge in [0.1, 0.15) is 0 Å². The van der Waals surface area contributed by atoms with E-state index in [0.717, 1.165) is 6.42 Å². The summed E-state index contributed by atoms with van der Waals surface area (Å²) in [6, 6.07) is 6.97. The topological polar surface area (TPSA) is 84.2 Å². The summed E-state index contributed by atoms with van der Waals surface area (Å²) in [4.78, 5) is 23.7. The molecule has 4 N–H and O–H groups in total. The predicted octanol–water partition coefficient (Wildman–Crippen LogP) is 2.14. The van der Waals surface area contributed by atoms with Gasteiger partial charge in [-0.2, -0.15) is 0 Å². The van der Waals surface area contributed by atoms with Crippen LogP contribution in [-0.4, -0.2) is 24.4 Å². The number of rotatable bonds is 7. The summed E-state index contributed by atoms with van der Waals surface area (Å²) in [5.74, 6) is 0.0461. The van der Waals surface area contributed by atoms with Crippen LogP contribution in [0, 0.1) is 5.92 Å². The highest BCUT2D eigenvalue weighted by molar-refractivity contribution is 5.95. The van der Waals surface area contributed by atoms with Gasteiger partial charge in [-0.15, -0.1) is 0 Å². The number of hydrogen-bond donors (Lipinski definition) is 3. The number of carbonyl (C=O) groups is 2. The molecule has 2 amide bonds. The van der Waals surface area contributed by atoms with Gasteiger partial charge in [-0.25, -0.2) is 0 Å². The Morgan fingerprint density at radius 2 is 1.81 bits per heavy atom.